The van der Waals surface area contributed by atoms with Gasteiger partial charge in [-0.05, 0) is 27.6 Å². The Morgan fingerprint density at radius 3 is 2.80 bits per heavy atom. The number of ether oxygens (including phenoxy) is 3. The minimum absolute atomic E-state index is 0.0181. The van der Waals surface area contributed by atoms with Crippen molar-refractivity contribution >= 4 is 32.8 Å². The average molecular weight is 478 g/mol. The molecule has 0 saturated carbocycles. The number of methoxy groups -OCH3 is 1. The molecule has 0 aliphatic carbocycles. The molecule has 1 aromatic heterocycles. The predicted molar refractivity (Wildman–Crippen MR) is 110 cm³/mol. The second-order valence-electron chi connectivity index (χ2n) is 6.75. The summed E-state index contributed by atoms with van der Waals surface area (Å²) in [6, 6.07) is 9.94. The van der Waals surface area contributed by atoms with Crippen molar-refractivity contribution in [1.82, 2.24) is 4.57 Å². The van der Waals surface area contributed by atoms with Crippen LogP contribution in [0.5, 0.6) is 11.5 Å². The van der Waals surface area contributed by atoms with Crippen LogP contribution in [0, 0.1) is 5.82 Å². The summed E-state index contributed by atoms with van der Waals surface area (Å²) in [5.74, 6) is -2.29. The zero-order chi connectivity index (χ0) is 21.4. The molecule has 1 atom stereocenters. The molecule has 4 rings (SSSR count). The summed E-state index contributed by atoms with van der Waals surface area (Å²) in [7, 11) is 1.10. The molecule has 0 fully saturated rings. The van der Waals surface area contributed by atoms with Gasteiger partial charge in [0.2, 0.25) is 0 Å². The van der Waals surface area contributed by atoms with E-state index in [0.717, 1.165) is 18.7 Å². The SMILES string of the molecule is COC(=O)c1c(O)c2cc(F)c(Br)c3c2n(c1=O)[C@@H](COCc1ccccc1)CO3. The molecule has 9 heteroatoms. The monoisotopic (exact) mass is 477 g/mol. The van der Waals surface area contributed by atoms with Crippen molar-refractivity contribution in [3.05, 3.63) is 68.2 Å². The summed E-state index contributed by atoms with van der Waals surface area (Å²) in [4.78, 5) is 25.3. The van der Waals surface area contributed by atoms with Gasteiger partial charge in [0, 0.05) is 5.39 Å². The van der Waals surface area contributed by atoms with Crippen molar-refractivity contribution in [3.63, 3.8) is 0 Å². The summed E-state index contributed by atoms with van der Waals surface area (Å²) in [5, 5.41) is 10.5. The predicted octanol–water partition coefficient (Wildman–Crippen LogP) is 3.55. The van der Waals surface area contributed by atoms with Crippen LogP contribution in [0.1, 0.15) is 22.0 Å². The second-order valence-corrected chi connectivity index (χ2v) is 7.55. The summed E-state index contributed by atoms with van der Waals surface area (Å²) in [6.07, 6.45) is 0. The lowest BCUT2D eigenvalue weighted by molar-refractivity contribution is 0.0581. The first-order valence-corrected chi connectivity index (χ1v) is 9.85. The van der Waals surface area contributed by atoms with Crippen molar-refractivity contribution in [3.8, 4) is 11.5 Å². The van der Waals surface area contributed by atoms with Gasteiger partial charge in [-0.25, -0.2) is 9.18 Å². The maximum absolute atomic E-state index is 14.4. The molecule has 0 spiro atoms. The molecule has 2 heterocycles. The fraction of sp³-hybridized carbons (Fsp3) is 0.238. The highest BCUT2D eigenvalue weighted by Gasteiger charge is 2.33. The zero-order valence-electron chi connectivity index (χ0n) is 15.9. The molecular formula is C21H17BrFNO6. The normalized spacial score (nSPS) is 15.1. The highest BCUT2D eigenvalue weighted by atomic mass is 79.9. The van der Waals surface area contributed by atoms with Gasteiger partial charge in [-0.3, -0.25) is 9.36 Å². The number of pyridine rings is 1. The molecule has 2 aromatic carbocycles. The van der Waals surface area contributed by atoms with Gasteiger partial charge in [-0.15, -0.1) is 0 Å². The van der Waals surface area contributed by atoms with Gasteiger partial charge in [0.1, 0.15) is 18.2 Å². The Morgan fingerprint density at radius 2 is 2.10 bits per heavy atom. The summed E-state index contributed by atoms with van der Waals surface area (Å²) < 4.78 is 31.8. The number of hydrogen-bond acceptors (Lipinski definition) is 6. The van der Waals surface area contributed by atoms with Crippen LogP contribution in [-0.4, -0.2) is 36.0 Å². The van der Waals surface area contributed by atoms with Crippen LogP contribution in [0.25, 0.3) is 10.9 Å². The van der Waals surface area contributed by atoms with Crippen molar-refractivity contribution in [2.45, 2.75) is 12.6 Å². The first-order chi connectivity index (χ1) is 14.4. The summed E-state index contributed by atoms with van der Waals surface area (Å²) in [5.41, 5.74) is -0.188. The van der Waals surface area contributed by atoms with Gasteiger partial charge in [0.15, 0.2) is 11.3 Å². The van der Waals surface area contributed by atoms with Crippen LogP contribution in [0.4, 0.5) is 4.39 Å². The number of hydrogen-bond donors (Lipinski definition) is 1. The number of aromatic nitrogens is 1. The lowest BCUT2D eigenvalue weighted by Crippen LogP contribution is -2.37. The molecule has 1 aliphatic rings. The molecule has 30 heavy (non-hydrogen) atoms. The topological polar surface area (TPSA) is 87.0 Å². The Hall–Kier alpha value is -2.91. The van der Waals surface area contributed by atoms with E-state index in [4.69, 9.17) is 9.47 Å². The van der Waals surface area contributed by atoms with E-state index >= 15 is 0 Å². The lowest BCUT2D eigenvalue weighted by atomic mass is 10.1. The van der Waals surface area contributed by atoms with Gasteiger partial charge in [0.05, 0.1) is 36.4 Å². The van der Waals surface area contributed by atoms with Crippen molar-refractivity contribution < 1.29 is 28.5 Å². The third-order valence-corrected chi connectivity index (χ3v) is 5.65. The van der Waals surface area contributed by atoms with E-state index in [2.05, 4.69) is 20.7 Å². The van der Waals surface area contributed by atoms with Gasteiger partial charge in [-0.1, -0.05) is 30.3 Å². The standard InChI is InChI=1S/C21H17BrFNO6/c1-28-21(27)15-18(25)13-7-14(23)16(22)19-17(13)24(20(15)26)12(10-30-19)9-29-8-11-5-3-2-4-6-11/h2-7,12,25H,8-10H2,1H3/t12-/m0/s1. The minimum atomic E-state index is -1.01. The van der Waals surface area contributed by atoms with Crippen LogP contribution < -0.4 is 10.3 Å². The van der Waals surface area contributed by atoms with Crippen molar-refractivity contribution in [2.24, 2.45) is 0 Å². The zero-order valence-corrected chi connectivity index (χ0v) is 17.4. The second kappa shape index (κ2) is 8.08. The van der Waals surface area contributed by atoms with Crippen LogP contribution >= 0.6 is 15.9 Å². The van der Waals surface area contributed by atoms with E-state index in [0.29, 0.717) is 6.61 Å². The van der Waals surface area contributed by atoms with Gasteiger partial charge in [-0.2, -0.15) is 0 Å². The van der Waals surface area contributed by atoms with E-state index in [1.165, 1.54) is 4.57 Å². The molecule has 0 radical (unpaired) electrons. The van der Waals surface area contributed by atoms with Crippen LogP contribution in [0.15, 0.2) is 45.7 Å². The molecule has 3 aromatic rings. The van der Waals surface area contributed by atoms with E-state index in [1.807, 2.05) is 30.3 Å². The number of carbonyl (C=O) groups is 1. The van der Waals surface area contributed by atoms with Crippen molar-refractivity contribution in [2.75, 3.05) is 20.3 Å². The van der Waals surface area contributed by atoms with Crippen LogP contribution in [0.3, 0.4) is 0 Å². The quantitative estimate of drug-likeness (QED) is 0.565. The Morgan fingerprint density at radius 1 is 1.37 bits per heavy atom. The summed E-state index contributed by atoms with van der Waals surface area (Å²) in [6.45, 7) is 0.436. The molecule has 156 valence electrons. The average Bonchev–Trinajstić information content (AvgIpc) is 2.75. The first-order valence-electron chi connectivity index (χ1n) is 9.06. The van der Waals surface area contributed by atoms with E-state index in [-0.39, 0.29) is 34.3 Å². The van der Waals surface area contributed by atoms with Gasteiger partial charge < -0.3 is 19.3 Å². The molecule has 0 saturated heterocycles. The number of carbonyl (C=O) groups excluding carboxylic acids is 1. The van der Waals surface area contributed by atoms with Crippen LogP contribution in [-0.2, 0) is 16.1 Å². The molecule has 0 amide bonds. The Balaban J connectivity index is 1.82. The molecule has 1 N–H and O–H groups in total. The van der Waals surface area contributed by atoms with E-state index < -0.39 is 34.7 Å². The molecule has 0 bridgehead atoms. The highest BCUT2D eigenvalue weighted by molar-refractivity contribution is 9.10. The van der Waals surface area contributed by atoms with Crippen LogP contribution in [0.2, 0.25) is 0 Å². The third kappa shape index (κ3) is 3.33. The lowest BCUT2D eigenvalue weighted by Gasteiger charge is -2.29. The largest absolute Gasteiger partial charge is 0.506 e. The number of esters is 1. The number of benzene rings is 2. The molecule has 0 unspecified atom stereocenters. The fourth-order valence-electron chi connectivity index (χ4n) is 3.50. The first kappa shape index (κ1) is 20.4. The van der Waals surface area contributed by atoms with Gasteiger partial charge >= 0.3 is 5.97 Å². The van der Waals surface area contributed by atoms with E-state index in [9.17, 15) is 19.1 Å². The smallest absolute Gasteiger partial charge is 0.347 e. The van der Waals surface area contributed by atoms with Gasteiger partial charge in [0.25, 0.3) is 5.56 Å². The molecule has 1 aliphatic heterocycles. The summed E-state index contributed by atoms with van der Waals surface area (Å²) >= 11 is 3.12. The maximum Gasteiger partial charge on any atom is 0.347 e. The Bertz CT molecular complexity index is 1190. The minimum Gasteiger partial charge on any atom is -0.506 e. The fourth-order valence-corrected chi connectivity index (χ4v) is 3.92. The number of rotatable bonds is 5. The van der Waals surface area contributed by atoms with E-state index in [1.54, 1.807) is 0 Å². The maximum atomic E-state index is 14.4. The Labute approximate surface area is 178 Å². The number of halogens is 2. The number of nitrogens with zero attached hydrogens (tertiary/aromatic N) is 1. The highest BCUT2D eigenvalue weighted by Crippen LogP contribution is 2.43. The third-order valence-electron chi connectivity index (χ3n) is 4.91. The van der Waals surface area contributed by atoms with Crippen molar-refractivity contribution in [1.29, 1.82) is 0 Å². The number of aromatic hydroxyl groups is 1. The molecular weight excluding hydrogens is 461 g/mol. The molecule has 7 nitrogen and oxygen atoms in total. The Kier molecular flexibility index (Phi) is 5.48.